The maximum atomic E-state index is 12.1. The smallest absolute Gasteiger partial charge is 0.255 e. The topological polar surface area (TPSA) is 45.6 Å². The standard InChI is InChI=1S/C14H21F2N3O.HI/c1-4-20-12-7-10(2)5-6-11(12)8-18-14(17-3)19-9-13(15)16;/h5-7,13H,4,8-9H2,1-3H3,(H2,17,18,19);1H. The number of rotatable bonds is 6. The minimum atomic E-state index is -2.41. The molecule has 0 aliphatic carbocycles. The molecule has 7 heteroatoms. The van der Waals surface area contributed by atoms with Gasteiger partial charge in [-0.2, -0.15) is 0 Å². The van der Waals surface area contributed by atoms with E-state index < -0.39 is 13.0 Å². The zero-order chi connectivity index (χ0) is 15.0. The van der Waals surface area contributed by atoms with Crippen molar-refractivity contribution in [1.82, 2.24) is 10.6 Å². The molecule has 120 valence electrons. The van der Waals surface area contributed by atoms with Crippen molar-refractivity contribution in [1.29, 1.82) is 0 Å². The number of guanidine groups is 1. The molecule has 1 aromatic carbocycles. The van der Waals surface area contributed by atoms with Gasteiger partial charge in [-0.3, -0.25) is 4.99 Å². The summed E-state index contributed by atoms with van der Waals surface area (Å²) in [6.45, 7) is 4.52. The van der Waals surface area contributed by atoms with Crippen LogP contribution in [0.15, 0.2) is 23.2 Å². The van der Waals surface area contributed by atoms with E-state index in [1.54, 1.807) is 7.05 Å². The largest absolute Gasteiger partial charge is 0.494 e. The third-order valence-electron chi connectivity index (χ3n) is 2.62. The Bertz CT molecular complexity index is 456. The fraction of sp³-hybridized carbons (Fsp3) is 0.500. The number of hydrogen-bond donors (Lipinski definition) is 2. The molecule has 0 radical (unpaired) electrons. The lowest BCUT2D eigenvalue weighted by atomic mass is 10.1. The van der Waals surface area contributed by atoms with Gasteiger partial charge in [0.2, 0.25) is 0 Å². The summed E-state index contributed by atoms with van der Waals surface area (Å²) in [5, 5.41) is 5.53. The molecule has 4 nitrogen and oxygen atoms in total. The first-order valence-electron chi connectivity index (χ1n) is 6.51. The van der Waals surface area contributed by atoms with Crippen LogP contribution in [0.1, 0.15) is 18.1 Å². The van der Waals surface area contributed by atoms with Gasteiger partial charge in [-0.25, -0.2) is 8.78 Å². The molecule has 0 fully saturated rings. The average Bonchev–Trinajstić information content (AvgIpc) is 2.41. The lowest BCUT2D eigenvalue weighted by Gasteiger charge is -2.14. The molecule has 0 amide bonds. The maximum absolute atomic E-state index is 12.1. The number of alkyl halides is 2. The van der Waals surface area contributed by atoms with Crippen LogP contribution in [0.3, 0.4) is 0 Å². The Kier molecular flexibility index (Phi) is 10.0. The number of ether oxygens (including phenoxy) is 1. The Labute approximate surface area is 141 Å². The number of aliphatic imine (C=N–C) groups is 1. The van der Waals surface area contributed by atoms with E-state index in [0.29, 0.717) is 19.1 Å². The summed E-state index contributed by atoms with van der Waals surface area (Å²) in [5.41, 5.74) is 2.06. The summed E-state index contributed by atoms with van der Waals surface area (Å²) in [6.07, 6.45) is -2.41. The van der Waals surface area contributed by atoms with E-state index in [-0.39, 0.29) is 24.0 Å². The predicted molar refractivity (Wildman–Crippen MR) is 92.0 cm³/mol. The van der Waals surface area contributed by atoms with Crippen molar-refractivity contribution in [2.75, 3.05) is 20.2 Å². The van der Waals surface area contributed by atoms with Gasteiger partial charge in [0.25, 0.3) is 6.43 Å². The highest BCUT2D eigenvalue weighted by Gasteiger charge is 2.07. The van der Waals surface area contributed by atoms with Gasteiger partial charge < -0.3 is 15.4 Å². The number of hydrogen-bond acceptors (Lipinski definition) is 2. The molecular weight excluding hydrogens is 391 g/mol. The van der Waals surface area contributed by atoms with Crippen LogP contribution in [0.4, 0.5) is 8.78 Å². The molecule has 1 rings (SSSR count). The van der Waals surface area contributed by atoms with E-state index >= 15 is 0 Å². The maximum Gasteiger partial charge on any atom is 0.255 e. The van der Waals surface area contributed by atoms with Crippen molar-refractivity contribution < 1.29 is 13.5 Å². The number of nitrogens with zero attached hydrogens (tertiary/aromatic N) is 1. The lowest BCUT2D eigenvalue weighted by Crippen LogP contribution is -2.39. The zero-order valence-corrected chi connectivity index (χ0v) is 14.8. The summed E-state index contributed by atoms with van der Waals surface area (Å²) >= 11 is 0. The summed E-state index contributed by atoms with van der Waals surface area (Å²) in [7, 11) is 1.54. The second-order valence-electron chi connectivity index (χ2n) is 4.24. The number of aryl methyl sites for hydroxylation is 1. The fourth-order valence-corrected chi connectivity index (χ4v) is 1.67. The van der Waals surface area contributed by atoms with Crippen LogP contribution in [0, 0.1) is 6.92 Å². The number of nitrogens with one attached hydrogen (secondary N) is 2. The molecule has 0 heterocycles. The van der Waals surface area contributed by atoms with Crippen molar-refractivity contribution >= 4 is 29.9 Å². The highest BCUT2D eigenvalue weighted by atomic mass is 127. The average molecular weight is 413 g/mol. The monoisotopic (exact) mass is 413 g/mol. The van der Waals surface area contributed by atoms with Crippen LogP contribution in [-0.2, 0) is 6.54 Å². The molecule has 0 atom stereocenters. The first-order valence-corrected chi connectivity index (χ1v) is 6.51. The van der Waals surface area contributed by atoms with Crippen LogP contribution >= 0.6 is 24.0 Å². The molecule has 0 aromatic heterocycles. The van der Waals surface area contributed by atoms with Gasteiger partial charge in [0.15, 0.2) is 5.96 Å². The zero-order valence-electron chi connectivity index (χ0n) is 12.5. The van der Waals surface area contributed by atoms with E-state index in [9.17, 15) is 8.78 Å². The quantitative estimate of drug-likeness (QED) is 0.429. The highest BCUT2D eigenvalue weighted by molar-refractivity contribution is 14.0. The van der Waals surface area contributed by atoms with E-state index in [0.717, 1.165) is 16.9 Å². The Morgan fingerprint density at radius 2 is 2.05 bits per heavy atom. The molecule has 2 N–H and O–H groups in total. The summed E-state index contributed by atoms with van der Waals surface area (Å²) in [4.78, 5) is 3.89. The van der Waals surface area contributed by atoms with Crippen molar-refractivity contribution in [3.63, 3.8) is 0 Å². The van der Waals surface area contributed by atoms with Crippen LogP contribution < -0.4 is 15.4 Å². The van der Waals surface area contributed by atoms with Crippen LogP contribution in [0.2, 0.25) is 0 Å². The Morgan fingerprint density at radius 3 is 2.62 bits per heavy atom. The molecule has 0 saturated carbocycles. The SMILES string of the molecule is CCOc1cc(C)ccc1CNC(=NC)NCC(F)F.I. The predicted octanol–water partition coefficient (Wildman–Crippen LogP) is 2.94. The first-order chi connectivity index (χ1) is 9.56. The first kappa shape index (κ1) is 19.9. The molecule has 21 heavy (non-hydrogen) atoms. The Hall–Kier alpha value is -1.12. The fourth-order valence-electron chi connectivity index (χ4n) is 1.67. The van der Waals surface area contributed by atoms with Crippen molar-refractivity contribution in [3.8, 4) is 5.75 Å². The van der Waals surface area contributed by atoms with Crippen molar-refractivity contribution in [2.24, 2.45) is 4.99 Å². The van der Waals surface area contributed by atoms with Crippen molar-refractivity contribution in [2.45, 2.75) is 26.8 Å². The molecule has 1 aromatic rings. The van der Waals surface area contributed by atoms with Crippen LogP contribution in [-0.4, -0.2) is 32.6 Å². The molecule has 0 unspecified atom stereocenters. The Balaban J connectivity index is 0.00000400. The molecular formula is C14H22F2IN3O. The molecule has 0 aliphatic rings. The van der Waals surface area contributed by atoms with Gasteiger partial charge in [-0.05, 0) is 25.5 Å². The van der Waals surface area contributed by atoms with Gasteiger partial charge in [0, 0.05) is 19.2 Å². The van der Waals surface area contributed by atoms with E-state index in [4.69, 9.17) is 4.74 Å². The number of halogens is 3. The van der Waals surface area contributed by atoms with Gasteiger partial charge in [0.05, 0.1) is 13.2 Å². The second kappa shape index (κ2) is 10.6. The normalized spacial score (nSPS) is 11.0. The summed E-state index contributed by atoms with van der Waals surface area (Å²) in [6, 6.07) is 5.89. The minimum Gasteiger partial charge on any atom is -0.494 e. The minimum absolute atomic E-state index is 0. The lowest BCUT2D eigenvalue weighted by molar-refractivity contribution is 0.152. The van der Waals surface area contributed by atoms with Crippen LogP contribution in [0.25, 0.3) is 0 Å². The van der Waals surface area contributed by atoms with E-state index in [1.807, 2.05) is 32.0 Å². The molecule has 0 spiro atoms. The van der Waals surface area contributed by atoms with Crippen LogP contribution in [0.5, 0.6) is 5.75 Å². The third kappa shape index (κ3) is 7.45. The van der Waals surface area contributed by atoms with E-state index in [1.165, 1.54) is 0 Å². The molecule has 0 saturated heterocycles. The van der Waals surface area contributed by atoms with Gasteiger partial charge in [-0.15, -0.1) is 24.0 Å². The molecule has 0 bridgehead atoms. The highest BCUT2D eigenvalue weighted by Crippen LogP contribution is 2.20. The number of benzene rings is 1. The second-order valence-corrected chi connectivity index (χ2v) is 4.24. The van der Waals surface area contributed by atoms with Gasteiger partial charge in [-0.1, -0.05) is 12.1 Å². The summed E-state index contributed by atoms with van der Waals surface area (Å²) in [5.74, 6) is 1.14. The van der Waals surface area contributed by atoms with Crippen molar-refractivity contribution in [3.05, 3.63) is 29.3 Å². The van der Waals surface area contributed by atoms with E-state index in [2.05, 4.69) is 15.6 Å². The van der Waals surface area contributed by atoms with Gasteiger partial charge >= 0.3 is 0 Å². The molecule has 0 aliphatic heterocycles. The summed E-state index contributed by atoms with van der Waals surface area (Å²) < 4.78 is 29.8. The third-order valence-corrected chi connectivity index (χ3v) is 2.62. The Morgan fingerprint density at radius 1 is 1.33 bits per heavy atom. The van der Waals surface area contributed by atoms with Gasteiger partial charge in [0.1, 0.15) is 5.75 Å².